The van der Waals surface area contributed by atoms with Crippen LogP contribution in [0.4, 0.5) is 0 Å². The molecule has 1 heterocycles. The number of ether oxygens (including phenoxy) is 1. The number of amides is 1. The molecule has 0 fully saturated rings. The summed E-state index contributed by atoms with van der Waals surface area (Å²) in [6.07, 6.45) is 0.666. The molecule has 0 atom stereocenters. The van der Waals surface area contributed by atoms with Crippen LogP contribution in [-0.2, 0) is 23.5 Å². The number of carbonyl (C=O) groups is 2. The van der Waals surface area contributed by atoms with E-state index in [1.165, 1.54) is 18.9 Å². The average Bonchev–Trinajstić information content (AvgIpc) is 2.87. The molecule has 0 aliphatic rings. The summed E-state index contributed by atoms with van der Waals surface area (Å²) in [5.74, 6) is -0.499. The lowest BCUT2D eigenvalue weighted by molar-refractivity contribution is 0.0600. The van der Waals surface area contributed by atoms with E-state index < -0.39 is 11.9 Å². The van der Waals surface area contributed by atoms with Crippen molar-refractivity contribution in [2.75, 3.05) is 7.11 Å². The van der Waals surface area contributed by atoms with Crippen LogP contribution in [0.2, 0.25) is 0 Å². The zero-order chi connectivity index (χ0) is 24.1. The van der Waals surface area contributed by atoms with Crippen molar-refractivity contribution in [2.45, 2.75) is 23.9 Å². The molecule has 0 aliphatic carbocycles. The number of thioether (sulfide) groups is 1. The number of nitrogens with zero attached hydrogens (tertiary/aromatic N) is 2. The molecule has 0 unspecified atom stereocenters. The van der Waals surface area contributed by atoms with Crippen molar-refractivity contribution in [1.82, 2.24) is 9.55 Å². The predicted octanol–water partition coefficient (Wildman–Crippen LogP) is 3.82. The predicted molar refractivity (Wildman–Crippen MR) is 132 cm³/mol. The molecule has 0 saturated heterocycles. The normalized spacial score (nSPS) is 10.9. The number of methoxy groups -OCH3 is 1. The molecule has 3 aromatic carbocycles. The number of primary amides is 1. The van der Waals surface area contributed by atoms with Crippen LogP contribution in [0.15, 0.2) is 82.7 Å². The van der Waals surface area contributed by atoms with Gasteiger partial charge in [-0.05, 0) is 47.9 Å². The van der Waals surface area contributed by atoms with Crippen LogP contribution in [0.25, 0.3) is 10.9 Å². The highest BCUT2D eigenvalue weighted by atomic mass is 32.2. The highest BCUT2D eigenvalue weighted by Crippen LogP contribution is 2.24. The van der Waals surface area contributed by atoms with E-state index in [9.17, 15) is 14.4 Å². The van der Waals surface area contributed by atoms with E-state index in [0.717, 1.165) is 11.1 Å². The van der Waals surface area contributed by atoms with Gasteiger partial charge in [-0.1, -0.05) is 54.2 Å². The SMILES string of the molecule is COC(=O)c1ccc2c(=O)n(CCc3ccccc3)c(SCc3cccc(C(N)=O)c3)nc2c1. The van der Waals surface area contributed by atoms with E-state index >= 15 is 0 Å². The minimum absolute atomic E-state index is 0.175. The summed E-state index contributed by atoms with van der Waals surface area (Å²) in [7, 11) is 1.31. The minimum atomic E-state index is -0.495. The van der Waals surface area contributed by atoms with Crippen molar-refractivity contribution >= 4 is 34.5 Å². The largest absolute Gasteiger partial charge is 0.465 e. The first-order chi connectivity index (χ1) is 16.5. The Morgan fingerprint density at radius 3 is 2.47 bits per heavy atom. The Balaban J connectivity index is 1.72. The van der Waals surface area contributed by atoms with Crippen LogP contribution in [0.1, 0.15) is 31.8 Å². The van der Waals surface area contributed by atoms with Crippen LogP contribution in [-0.4, -0.2) is 28.5 Å². The van der Waals surface area contributed by atoms with E-state index in [0.29, 0.717) is 45.9 Å². The van der Waals surface area contributed by atoms with Gasteiger partial charge < -0.3 is 10.5 Å². The number of fused-ring (bicyclic) bond motifs is 1. The van der Waals surface area contributed by atoms with Crippen LogP contribution in [0.5, 0.6) is 0 Å². The number of nitrogens with two attached hydrogens (primary N) is 1. The summed E-state index contributed by atoms with van der Waals surface area (Å²) in [5, 5.41) is 0.959. The molecular weight excluding hydrogens is 450 g/mol. The van der Waals surface area contributed by atoms with Gasteiger partial charge in [-0.2, -0.15) is 0 Å². The maximum atomic E-state index is 13.4. The highest BCUT2D eigenvalue weighted by Gasteiger charge is 2.15. The third-order valence-electron chi connectivity index (χ3n) is 5.39. The molecule has 2 N–H and O–H groups in total. The van der Waals surface area contributed by atoms with E-state index in [4.69, 9.17) is 15.5 Å². The quantitative estimate of drug-likeness (QED) is 0.237. The van der Waals surface area contributed by atoms with Gasteiger partial charge >= 0.3 is 5.97 Å². The second-order valence-corrected chi connectivity index (χ2v) is 8.61. The van der Waals surface area contributed by atoms with E-state index in [-0.39, 0.29) is 5.56 Å². The van der Waals surface area contributed by atoms with E-state index in [1.54, 1.807) is 41.0 Å². The Kier molecular flexibility index (Phi) is 7.08. The summed E-state index contributed by atoms with van der Waals surface area (Å²) in [6.45, 7) is 0.453. The van der Waals surface area contributed by atoms with Gasteiger partial charge in [-0.3, -0.25) is 14.2 Å². The van der Waals surface area contributed by atoms with Gasteiger partial charge in [0.1, 0.15) is 0 Å². The minimum Gasteiger partial charge on any atom is -0.465 e. The van der Waals surface area contributed by atoms with Crippen molar-refractivity contribution in [3.8, 4) is 0 Å². The molecule has 0 bridgehead atoms. The maximum Gasteiger partial charge on any atom is 0.337 e. The molecule has 4 rings (SSSR count). The van der Waals surface area contributed by atoms with Gasteiger partial charge in [0.05, 0.1) is 23.6 Å². The van der Waals surface area contributed by atoms with Crippen molar-refractivity contribution in [3.63, 3.8) is 0 Å². The summed E-state index contributed by atoms with van der Waals surface area (Å²) in [4.78, 5) is 41.6. The fourth-order valence-corrected chi connectivity index (χ4v) is 4.57. The fourth-order valence-electron chi connectivity index (χ4n) is 3.60. The van der Waals surface area contributed by atoms with Crippen LogP contribution < -0.4 is 11.3 Å². The topological polar surface area (TPSA) is 104 Å². The monoisotopic (exact) mass is 473 g/mol. The summed E-state index contributed by atoms with van der Waals surface area (Å²) in [6, 6.07) is 21.7. The van der Waals surface area contributed by atoms with Crippen molar-refractivity contribution in [2.24, 2.45) is 5.73 Å². The lowest BCUT2D eigenvalue weighted by Crippen LogP contribution is -2.24. The Morgan fingerprint density at radius 2 is 1.74 bits per heavy atom. The molecule has 1 amide bonds. The number of rotatable bonds is 8. The van der Waals surface area contributed by atoms with Gasteiger partial charge in [0, 0.05) is 17.9 Å². The molecule has 1 aromatic heterocycles. The van der Waals surface area contributed by atoms with Gasteiger partial charge in [0.2, 0.25) is 5.91 Å². The van der Waals surface area contributed by atoms with Crippen LogP contribution in [0, 0.1) is 0 Å². The molecule has 0 radical (unpaired) electrons. The lowest BCUT2D eigenvalue weighted by atomic mass is 10.1. The summed E-state index contributed by atoms with van der Waals surface area (Å²) in [5.41, 5.74) is 8.40. The maximum absolute atomic E-state index is 13.4. The second-order valence-electron chi connectivity index (χ2n) is 7.66. The second kappa shape index (κ2) is 10.4. The summed E-state index contributed by atoms with van der Waals surface area (Å²) < 4.78 is 6.46. The molecule has 8 heteroatoms. The van der Waals surface area contributed by atoms with E-state index in [2.05, 4.69) is 0 Å². The molecule has 34 heavy (non-hydrogen) atoms. The van der Waals surface area contributed by atoms with Crippen molar-refractivity contribution < 1.29 is 14.3 Å². The molecular formula is C26H23N3O4S. The number of hydrogen-bond acceptors (Lipinski definition) is 6. The first-order valence-electron chi connectivity index (χ1n) is 10.6. The van der Waals surface area contributed by atoms with Crippen molar-refractivity contribution in [3.05, 3.63) is 105 Å². The number of benzene rings is 3. The smallest absolute Gasteiger partial charge is 0.337 e. The molecule has 0 saturated carbocycles. The van der Waals surface area contributed by atoms with Gasteiger partial charge in [-0.15, -0.1) is 0 Å². The average molecular weight is 474 g/mol. The summed E-state index contributed by atoms with van der Waals surface area (Å²) >= 11 is 1.39. The van der Waals surface area contributed by atoms with E-state index in [1.807, 2.05) is 36.4 Å². The van der Waals surface area contributed by atoms with Gasteiger partial charge in [0.25, 0.3) is 5.56 Å². The van der Waals surface area contributed by atoms with Crippen LogP contribution >= 0.6 is 11.8 Å². The fraction of sp³-hybridized carbons (Fsp3) is 0.154. The molecule has 7 nitrogen and oxygen atoms in total. The first kappa shape index (κ1) is 23.3. The number of aromatic nitrogens is 2. The number of carbonyl (C=O) groups excluding carboxylic acids is 2. The number of aryl methyl sites for hydroxylation is 1. The Bertz CT molecular complexity index is 1420. The Morgan fingerprint density at radius 1 is 0.971 bits per heavy atom. The number of esters is 1. The van der Waals surface area contributed by atoms with Crippen LogP contribution in [0.3, 0.4) is 0 Å². The van der Waals surface area contributed by atoms with Gasteiger partial charge in [0.15, 0.2) is 5.16 Å². The van der Waals surface area contributed by atoms with Crippen molar-refractivity contribution in [1.29, 1.82) is 0 Å². The molecule has 0 aliphatic heterocycles. The third-order valence-corrected chi connectivity index (χ3v) is 6.44. The first-order valence-corrected chi connectivity index (χ1v) is 11.6. The Labute approximate surface area is 200 Å². The Hall–Kier alpha value is -3.91. The number of hydrogen-bond donors (Lipinski definition) is 1. The molecule has 4 aromatic rings. The standard InChI is InChI=1S/C26H23N3O4S/c1-33-25(32)20-10-11-21-22(15-20)28-26(34-16-18-8-5-9-19(14-18)23(27)30)29(24(21)31)13-12-17-6-3-2-4-7-17/h2-11,14-15H,12-13,16H2,1H3,(H2,27,30). The highest BCUT2D eigenvalue weighted by molar-refractivity contribution is 7.98. The molecule has 0 spiro atoms. The lowest BCUT2D eigenvalue weighted by Gasteiger charge is -2.14. The van der Waals surface area contributed by atoms with Gasteiger partial charge in [-0.25, -0.2) is 9.78 Å². The zero-order valence-corrected chi connectivity index (χ0v) is 19.4. The zero-order valence-electron chi connectivity index (χ0n) is 18.6. The molecule has 172 valence electrons. The third kappa shape index (κ3) is 5.18.